The molecule has 3 heterocycles. The van der Waals surface area contributed by atoms with Crippen LogP contribution in [-0.2, 0) is 34.5 Å². The molecule has 45 heavy (non-hydrogen) atoms. The highest BCUT2D eigenvalue weighted by molar-refractivity contribution is 5.97. The Labute approximate surface area is 259 Å². The van der Waals surface area contributed by atoms with E-state index in [1.165, 1.54) is 23.3 Å². The summed E-state index contributed by atoms with van der Waals surface area (Å²) < 4.78 is 18.5. The van der Waals surface area contributed by atoms with Crippen molar-refractivity contribution in [1.29, 1.82) is 0 Å². The molecular formula is C35H31N3O7. The van der Waals surface area contributed by atoms with E-state index in [-0.39, 0.29) is 12.3 Å². The van der Waals surface area contributed by atoms with Crippen molar-refractivity contribution in [1.82, 2.24) is 5.32 Å². The summed E-state index contributed by atoms with van der Waals surface area (Å²) in [4.78, 5) is 36.5. The summed E-state index contributed by atoms with van der Waals surface area (Å²) in [6, 6.07) is 20.7. The predicted molar refractivity (Wildman–Crippen MR) is 166 cm³/mol. The van der Waals surface area contributed by atoms with Gasteiger partial charge in [0.25, 0.3) is 5.69 Å². The minimum atomic E-state index is -1.20. The van der Waals surface area contributed by atoms with E-state index in [1.54, 1.807) is 30.3 Å². The van der Waals surface area contributed by atoms with Gasteiger partial charge in [0.05, 0.1) is 10.5 Å². The van der Waals surface area contributed by atoms with Crippen LogP contribution in [0.4, 0.5) is 16.2 Å². The second-order valence-corrected chi connectivity index (χ2v) is 11.5. The molecule has 3 aliphatic heterocycles. The Bertz CT molecular complexity index is 1850. The fraction of sp³-hybridized carbons (Fsp3) is 0.257. The molecule has 0 aromatic heterocycles. The average Bonchev–Trinajstić information content (AvgIpc) is 3.33. The standard InChI is InChI=1S/C35H31N3O7/c1-21-23-6-4-16-36-17-5-8-26(21)32-30(18-23)35(28-9-3-2-7-27(28)33(39)45-35)29-15-12-24(19-31(29)44-32)37-34(40)43-20-22-10-13-25(14-11-22)38(41)42/h2-3,7,9-15,18-19,36H,4-6,8,16-17,20H2,1H3,(H,37,40). The molecule has 1 spiro atoms. The van der Waals surface area contributed by atoms with Crippen molar-refractivity contribution in [3.63, 3.8) is 0 Å². The molecule has 10 nitrogen and oxygen atoms in total. The summed E-state index contributed by atoms with van der Waals surface area (Å²) >= 11 is 0. The van der Waals surface area contributed by atoms with Crippen LogP contribution in [0.3, 0.4) is 0 Å². The fourth-order valence-electron chi connectivity index (χ4n) is 6.60. The first-order valence-electron chi connectivity index (χ1n) is 15.0. The molecular weight excluding hydrogens is 574 g/mol. The molecule has 0 saturated carbocycles. The van der Waals surface area contributed by atoms with Crippen LogP contribution in [-0.4, -0.2) is 30.1 Å². The number of benzene rings is 4. The van der Waals surface area contributed by atoms with E-state index < -0.39 is 22.6 Å². The maximum atomic E-state index is 13.4. The molecule has 0 fully saturated rings. The van der Waals surface area contributed by atoms with E-state index in [0.29, 0.717) is 33.9 Å². The summed E-state index contributed by atoms with van der Waals surface area (Å²) in [6.07, 6.45) is 2.92. The molecule has 4 aromatic rings. The summed E-state index contributed by atoms with van der Waals surface area (Å²) in [6.45, 7) is 3.92. The number of ether oxygens (including phenoxy) is 3. The number of nitrogens with zero attached hydrogens (tertiary/aromatic N) is 1. The molecule has 2 N–H and O–H groups in total. The second kappa shape index (κ2) is 11.4. The lowest BCUT2D eigenvalue weighted by Gasteiger charge is -2.38. The van der Waals surface area contributed by atoms with Gasteiger partial charge in [-0.05, 0) is 104 Å². The average molecular weight is 606 g/mol. The summed E-state index contributed by atoms with van der Waals surface area (Å²) in [7, 11) is 0. The van der Waals surface area contributed by atoms with Gasteiger partial charge in [0.15, 0.2) is 5.60 Å². The number of nitro groups is 1. The number of nitrogens with one attached hydrogen (secondary N) is 2. The molecule has 1 atom stereocenters. The van der Waals surface area contributed by atoms with Gasteiger partial charge in [-0.15, -0.1) is 0 Å². The summed E-state index contributed by atoms with van der Waals surface area (Å²) in [5, 5.41) is 17.2. The zero-order valence-corrected chi connectivity index (χ0v) is 24.7. The number of hydrogen-bond donors (Lipinski definition) is 2. The third-order valence-corrected chi connectivity index (χ3v) is 8.84. The lowest BCUT2D eigenvalue weighted by molar-refractivity contribution is -0.384. The zero-order chi connectivity index (χ0) is 31.1. The van der Waals surface area contributed by atoms with Gasteiger partial charge in [-0.25, -0.2) is 9.59 Å². The molecule has 7 rings (SSSR count). The normalized spacial score (nSPS) is 18.1. The molecule has 228 valence electrons. The lowest BCUT2D eigenvalue weighted by atomic mass is 9.75. The number of amides is 1. The minimum Gasteiger partial charge on any atom is -0.456 e. The maximum Gasteiger partial charge on any atom is 0.411 e. The minimum absolute atomic E-state index is 0.0402. The first kappa shape index (κ1) is 28.5. The van der Waals surface area contributed by atoms with Crippen LogP contribution in [0.15, 0.2) is 72.8 Å². The molecule has 10 heteroatoms. The topological polar surface area (TPSA) is 129 Å². The molecule has 4 aromatic carbocycles. The Morgan fingerprint density at radius 3 is 2.58 bits per heavy atom. The molecule has 0 saturated heterocycles. The molecule has 0 radical (unpaired) electrons. The Kier molecular flexibility index (Phi) is 7.21. The number of non-ortho nitro benzene ring substituents is 1. The van der Waals surface area contributed by atoms with E-state index in [1.807, 2.05) is 24.3 Å². The zero-order valence-electron chi connectivity index (χ0n) is 24.7. The van der Waals surface area contributed by atoms with Crippen LogP contribution in [0.2, 0.25) is 0 Å². The van der Waals surface area contributed by atoms with Gasteiger partial charge in [-0.3, -0.25) is 15.4 Å². The van der Waals surface area contributed by atoms with Gasteiger partial charge in [-0.2, -0.15) is 0 Å². The lowest BCUT2D eigenvalue weighted by Crippen LogP contribution is -2.34. The summed E-state index contributed by atoms with van der Waals surface area (Å²) in [5.41, 5.74) is 6.08. The van der Waals surface area contributed by atoms with E-state index in [9.17, 15) is 19.7 Å². The largest absolute Gasteiger partial charge is 0.456 e. The monoisotopic (exact) mass is 605 g/mol. The Morgan fingerprint density at radius 1 is 1.00 bits per heavy atom. The number of esters is 1. The van der Waals surface area contributed by atoms with Gasteiger partial charge < -0.3 is 19.5 Å². The van der Waals surface area contributed by atoms with Crippen molar-refractivity contribution in [2.45, 2.75) is 44.8 Å². The predicted octanol–water partition coefficient (Wildman–Crippen LogP) is 6.69. The fourth-order valence-corrected chi connectivity index (χ4v) is 6.60. The van der Waals surface area contributed by atoms with E-state index >= 15 is 0 Å². The Balaban J connectivity index is 1.26. The van der Waals surface area contributed by atoms with Crippen LogP contribution in [0.25, 0.3) is 0 Å². The first-order valence-corrected chi connectivity index (χ1v) is 15.0. The third kappa shape index (κ3) is 4.97. The molecule has 3 aliphatic rings. The Hall–Kier alpha value is -5.22. The van der Waals surface area contributed by atoms with Gasteiger partial charge in [0, 0.05) is 40.6 Å². The van der Waals surface area contributed by atoms with Crippen molar-refractivity contribution >= 4 is 23.4 Å². The second-order valence-electron chi connectivity index (χ2n) is 11.5. The molecule has 1 amide bonds. The van der Waals surface area contributed by atoms with Crippen molar-refractivity contribution in [3.8, 4) is 11.5 Å². The van der Waals surface area contributed by atoms with Gasteiger partial charge in [0.2, 0.25) is 0 Å². The number of carbonyl (C=O) groups excluding carboxylic acids is 2. The van der Waals surface area contributed by atoms with Crippen molar-refractivity contribution < 1.29 is 28.7 Å². The number of fused-ring (bicyclic) bond motifs is 9. The van der Waals surface area contributed by atoms with Gasteiger partial charge >= 0.3 is 12.1 Å². The highest BCUT2D eigenvalue weighted by atomic mass is 16.6. The number of rotatable bonds is 4. The first-order chi connectivity index (χ1) is 21.8. The maximum absolute atomic E-state index is 13.4. The van der Waals surface area contributed by atoms with Gasteiger partial charge in [-0.1, -0.05) is 18.2 Å². The smallest absolute Gasteiger partial charge is 0.411 e. The number of aryl methyl sites for hydroxylation is 1. The van der Waals surface area contributed by atoms with Crippen LogP contribution < -0.4 is 15.4 Å². The van der Waals surface area contributed by atoms with Crippen LogP contribution >= 0.6 is 0 Å². The van der Waals surface area contributed by atoms with Crippen molar-refractivity contribution in [2.24, 2.45) is 0 Å². The van der Waals surface area contributed by atoms with Crippen LogP contribution in [0, 0.1) is 17.0 Å². The molecule has 2 bridgehead atoms. The highest BCUT2D eigenvalue weighted by Gasteiger charge is 2.54. The van der Waals surface area contributed by atoms with E-state index in [0.717, 1.165) is 55.5 Å². The number of nitro benzene ring substituents is 1. The van der Waals surface area contributed by atoms with E-state index in [2.05, 4.69) is 23.6 Å². The third-order valence-electron chi connectivity index (χ3n) is 8.84. The SMILES string of the molecule is Cc1c2cc3c(c1CCCNCCC2)Oc1cc(NC(=O)OCc2ccc([N+](=O)[O-])cc2)ccc1C31OC(=O)c2ccccc21. The Morgan fingerprint density at radius 2 is 1.78 bits per heavy atom. The van der Waals surface area contributed by atoms with E-state index in [4.69, 9.17) is 14.2 Å². The van der Waals surface area contributed by atoms with Gasteiger partial charge in [0.1, 0.15) is 18.1 Å². The van der Waals surface area contributed by atoms with Crippen LogP contribution in [0.1, 0.15) is 62.1 Å². The van der Waals surface area contributed by atoms with Crippen molar-refractivity contribution in [3.05, 3.63) is 127 Å². The number of hydrogen-bond acceptors (Lipinski definition) is 8. The van der Waals surface area contributed by atoms with Crippen LogP contribution in [0.5, 0.6) is 11.5 Å². The summed E-state index contributed by atoms with van der Waals surface area (Å²) in [5.74, 6) is 0.765. The number of anilines is 1. The van der Waals surface area contributed by atoms with Crippen molar-refractivity contribution in [2.75, 3.05) is 18.4 Å². The molecule has 1 unspecified atom stereocenters. The number of carbonyl (C=O) groups is 2. The quantitative estimate of drug-likeness (QED) is 0.150. The highest BCUT2D eigenvalue weighted by Crippen LogP contribution is 2.58. The molecule has 0 aliphatic carbocycles.